The van der Waals surface area contributed by atoms with Gasteiger partial charge in [0.05, 0.1) is 0 Å². The fourth-order valence-electron chi connectivity index (χ4n) is 2.97. The molecule has 0 unspecified atom stereocenters. The summed E-state index contributed by atoms with van der Waals surface area (Å²) in [6.07, 6.45) is 5.54. The van der Waals surface area contributed by atoms with E-state index in [0.717, 1.165) is 37.4 Å². The highest BCUT2D eigenvalue weighted by atomic mass is 32.1. The number of aryl methyl sites for hydroxylation is 1. The van der Waals surface area contributed by atoms with Gasteiger partial charge in [0.2, 0.25) is 0 Å². The van der Waals surface area contributed by atoms with Gasteiger partial charge in [0.15, 0.2) is 5.13 Å². The maximum atomic E-state index is 12.7. The van der Waals surface area contributed by atoms with E-state index in [9.17, 15) is 4.79 Å². The number of nitrogens with zero attached hydrogens (tertiary/aromatic N) is 2. The van der Waals surface area contributed by atoms with Crippen molar-refractivity contribution in [3.8, 4) is 0 Å². The topological polar surface area (TPSA) is 45.2 Å². The van der Waals surface area contributed by atoms with Gasteiger partial charge in [-0.25, -0.2) is 4.98 Å². The number of nitrogens with one attached hydrogen (secondary N) is 1. The lowest BCUT2D eigenvalue weighted by molar-refractivity contribution is 0.0597. The molecule has 3 rings (SSSR count). The van der Waals surface area contributed by atoms with Crippen LogP contribution in [0, 0.1) is 0 Å². The molecule has 0 radical (unpaired) electrons. The van der Waals surface area contributed by atoms with Crippen LogP contribution in [0.1, 0.15) is 41.0 Å². The van der Waals surface area contributed by atoms with Gasteiger partial charge in [0, 0.05) is 29.9 Å². The summed E-state index contributed by atoms with van der Waals surface area (Å²) in [5.41, 5.74) is 0.581. The highest BCUT2D eigenvalue weighted by Gasteiger charge is 2.28. The Morgan fingerprint density at radius 1 is 1.45 bits per heavy atom. The van der Waals surface area contributed by atoms with E-state index in [4.69, 9.17) is 0 Å². The number of thiophene rings is 1. The first kappa shape index (κ1) is 15.5. The lowest BCUT2D eigenvalue weighted by Crippen LogP contribution is -2.44. The molecule has 3 heterocycles. The molecule has 0 bridgehead atoms. The molecule has 6 heteroatoms. The summed E-state index contributed by atoms with van der Waals surface area (Å²) in [7, 11) is 1.83. The summed E-state index contributed by atoms with van der Waals surface area (Å²) < 4.78 is 0. The van der Waals surface area contributed by atoms with Crippen molar-refractivity contribution < 1.29 is 4.79 Å². The second-order valence-corrected chi connectivity index (χ2v) is 7.44. The van der Waals surface area contributed by atoms with Crippen molar-refractivity contribution in [2.45, 2.75) is 38.1 Å². The number of rotatable bonds is 5. The average molecular weight is 335 g/mol. The Bertz CT molecular complexity index is 609. The van der Waals surface area contributed by atoms with Crippen molar-refractivity contribution in [1.29, 1.82) is 0 Å². The number of hydrogen-bond acceptors (Lipinski definition) is 5. The summed E-state index contributed by atoms with van der Waals surface area (Å²) in [6.45, 7) is 0.861. The number of anilines is 1. The molecule has 118 valence electrons. The Hall–Kier alpha value is -1.40. The Kier molecular flexibility index (Phi) is 5.10. The van der Waals surface area contributed by atoms with E-state index < -0.39 is 0 Å². The first-order valence-corrected chi connectivity index (χ1v) is 9.50. The number of carbonyl (C=O) groups excluding carboxylic acids is 1. The standard InChI is InChI=1S/C16H21N3OS2/c1-17-16-18-14(11-22-16)15(20)19-9-3-2-5-12(19)7-8-13-6-4-10-21-13/h4,6,10-12H,2-3,5,7-9H2,1H3,(H,17,18)/t12-/m0/s1. The second-order valence-electron chi connectivity index (χ2n) is 5.55. The smallest absolute Gasteiger partial charge is 0.273 e. The molecule has 1 saturated heterocycles. The molecule has 22 heavy (non-hydrogen) atoms. The van der Waals surface area contributed by atoms with Crippen LogP contribution in [-0.4, -0.2) is 35.4 Å². The molecule has 1 atom stereocenters. The molecule has 1 N–H and O–H groups in total. The molecule has 2 aromatic heterocycles. The summed E-state index contributed by atoms with van der Waals surface area (Å²) in [6, 6.07) is 4.63. The molecule has 0 aliphatic carbocycles. The third-order valence-electron chi connectivity index (χ3n) is 4.13. The van der Waals surface area contributed by atoms with Gasteiger partial charge >= 0.3 is 0 Å². The van der Waals surface area contributed by atoms with E-state index in [1.54, 1.807) is 11.3 Å². The van der Waals surface area contributed by atoms with Gasteiger partial charge in [-0.3, -0.25) is 4.79 Å². The van der Waals surface area contributed by atoms with Crippen LogP contribution in [0.5, 0.6) is 0 Å². The van der Waals surface area contributed by atoms with Crippen molar-refractivity contribution in [3.63, 3.8) is 0 Å². The van der Waals surface area contributed by atoms with Gasteiger partial charge in [-0.1, -0.05) is 6.07 Å². The minimum atomic E-state index is 0.0913. The van der Waals surface area contributed by atoms with E-state index in [1.165, 1.54) is 22.6 Å². The fraction of sp³-hybridized carbons (Fsp3) is 0.500. The number of thiazole rings is 1. The van der Waals surface area contributed by atoms with E-state index in [2.05, 4.69) is 27.8 Å². The third kappa shape index (κ3) is 3.50. The van der Waals surface area contributed by atoms with E-state index in [-0.39, 0.29) is 5.91 Å². The van der Waals surface area contributed by atoms with E-state index >= 15 is 0 Å². The zero-order chi connectivity index (χ0) is 15.4. The maximum Gasteiger partial charge on any atom is 0.273 e. The number of carbonyl (C=O) groups is 1. The number of likely N-dealkylation sites (tertiary alicyclic amines) is 1. The normalized spacial score (nSPS) is 18.4. The highest BCUT2D eigenvalue weighted by molar-refractivity contribution is 7.13. The quantitative estimate of drug-likeness (QED) is 0.902. The van der Waals surface area contributed by atoms with Gasteiger partial charge in [0.25, 0.3) is 5.91 Å². The van der Waals surface area contributed by atoms with Crippen molar-refractivity contribution in [2.24, 2.45) is 0 Å². The van der Waals surface area contributed by atoms with Crippen molar-refractivity contribution in [2.75, 3.05) is 18.9 Å². The van der Waals surface area contributed by atoms with Crippen LogP contribution in [0.3, 0.4) is 0 Å². The Morgan fingerprint density at radius 2 is 2.36 bits per heavy atom. The molecular formula is C16H21N3OS2. The number of piperidine rings is 1. The van der Waals surface area contributed by atoms with Crippen LogP contribution in [-0.2, 0) is 6.42 Å². The average Bonchev–Trinajstić information content (AvgIpc) is 3.24. The Labute approximate surface area is 139 Å². The van der Waals surface area contributed by atoms with Crippen LogP contribution in [0.15, 0.2) is 22.9 Å². The van der Waals surface area contributed by atoms with Crippen LogP contribution in [0.25, 0.3) is 0 Å². The van der Waals surface area contributed by atoms with Gasteiger partial charge in [-0.05, 0) is 43.6 Å². The molecule has 4 nitrogen and oxygen atoms in total. The molecule has 1 fully saturated rings. The zero-order valence-electron chi connectivity index (χ0n) is 12.7. The summed E-state index contributed by atoms with van der Waals surface area (Å²) in [5, 5.41) is 7.78. The molecule has 0 aromatic carbocycles. The lowest BCUT2D eigenvalue weighted by atomic mass is 9.97. The van der Waals surface area contributed by atoms with Gasteiger partial charge in [-0.2, -0.15) is 0 Å². The first-order valence-electron chi connectivity index (χ1n) is 7.74. The van der Waals surface area contributed by atoms with Crippen molar-refractivity contribution in [3.05, 3.63) is 33.5 Å². The first-order chi connectivity index (χ1) is 10.8. The monoisotopic (exact) mass is 335 g/mol. The predicted octanol–water partition coefficient (Wildman–Crippen LogP) is 3.87. The molecule has 2 aromatic rings. The third-order valence-corrected chi connectivity index (χ3v) is 5.93. The van der Waals surface area contributed by atoms with Crippen LogP contribution < -0.4 is 5.32 Å². The summed E-state index contributed by atoms with van der Waals surface area (Å²) in [4.78, 5) is 20.6. The Morgan fingerprint density at radius 3 is 3.09 bits per heavy atom. The maximum absolute atomic E-state index is 12.7. The molecule has 1 aliphatic heterocycles. The fourth-order valence-corrected chi connectivity index (χ4v) is 4.34. The zero-order valence-corrected chi connectivity index (χ0v) is 14.4. The number of aromatic nitrogens is 1. The van der Waals surface area contributed by atoms with Crippen molar-refractivity contribution >= 4 is 33.7 Å². The SMILES string of the molecule is CNc1nc(C(=O)N2CCCC[C@H]2CCc2cccs2)cs1. The summed E-state index contributed by atoms with van der Waals surface area (Å²) in [5.74, 6) is 0.0913. The molecule has 1 amide bonds. The van der Waals surface area contributed by atoms with Crippen molar-refractivity contribution in [1.82, 2.24) is 9.88 Å². The number of amides is 1. The van der Waals surface area contributed by atoms with Crippen LogP contribution >= 0.6 is 22.7 Å². The van der Waals surface area contributed by atoms with Crippen LogP contribution in [0.4, 0.5) is 5.13 Å². The molecule has 0 spiro atoms. The van der Waals surface area contributed by atoms with Crippen LogP contribution in [0.2, 0.25) is 0 Å². The largest absolute Gasteiger partial charge is 0.365 e. The lowest BCUT2D eigenvalue weighted by Gasteiger charge is -2.35. The van der Waals surface area contributed by atoms with Gasteiger partial charge < -0.3 is 10.2 Å². The van der Waals surface area contributed by atoms with Gasteiger partial charge in [-0.15, -0.1) is 22.7 Å². The molecule has 1 aliphatic rings. The molecule has 0 saturated carbocycles. The Balaban J connectivity index is 1.67. The molecular weight excluding hydrogens is 314 g/mol. The van der Waals surface area contributed by atoms with E-state index in [0.29, 0.717) is 11.7 Å². The minimum absolute atomic E-state index is 0.0913. The predicted molar refractivity (Wildman–Crippen MR) is 93.0 cm³/mol. The minimum Gasteiger partial charge on any atom is -0.365 e. The summed E-state index contributed by atoms with van der Waals surface area (Å²) >= 11 is 3.29. The number of hydrogen-bond donors (Lipinski definition) is 1. The van der Waals surface area contributed by atoms with Gasteiger partial charge in [0.1, 0.15) is 5.69 Å². The van der Waals surface area contributed by atoms with E-state index in [1.807, 2.05) is 17.3 Å². The highest BCUT2D eigenvalue weighted by Crippen LogP contribution is 2.25. The second kappa shape index (κ2) is 7.24.